The molecule has 150 valence electrons. The number of anilines is 2. The van der Waals surface area contributed by atoms with Gasteiger partial charge in [-0.25, -0.2) is 5.43 Å². The van der Waals surface area contributed by atoms with Crippen LogP contribution in [0.25, 0.3) is 0 Å². The zero-order valence-electron chi connectivity index (χ0n) is 15.9. The van der Waals surface area contributed by atoms with Crippen LogP contribution in [0.4, 0.5) is 11.4 Å². The number of methoxy groups -OCH3 is 1. The second-order valence-corrected chi connectivity index (χ2v) is 6.55. The fourth-order valence-electron chi connectivity index (χ4n) is 2.60. The molecular formula is C22H22ClN3O3. The summed E-state index contributed by atoms with van der Waals surface area (Å²) >= 11 is 6.04. The number of rotatable bonds is 9. The number of halogens is 1. The molecule has 7 heteroatoms. The normalized spacial score (nSPS) is 10.3. The fraction of sp³-hybridized carbons (Fsp3) is 0.136. The molecule has 0 unspecified atom stereocenters. The Morgan fingerprint density at radius 1 is 0.966 bits per heavy atom. The summed E-state index contributed by atoms with van der Waals surface area (Å²) < 4.78 is 11.0. The summed E-state index contributed by atoms with van der Waals surface area (Å²) in [5.41, 5.74) is 8.79. The Morgan fingerprint density at radius 3 is 2.48 bits per heavy atom. The first kappa shape index (κ1) is 20.5. The first-order chi connectivity index (χ1) is 14.2. The van der Waals surface area contributed by atoms with Crippen LogP contribution in [0, 0.1) is 0 Å². The molecule has 0 aliphatic rings. The third-order valence-corrected chi connectivity index (χ3v) is 4.36. The van der Waals surface area contributed by atoms with E-state index in [1.54, 1.807) is 37.4 Å². The number of benzene rings is 3. The van der Waals surface area contributed by atoms with Crippen molar-refractivity contribution in [2.24, 2.45) is 0 Å². The van der Waals surface area contributed by atoms with Gasteiger partial charge in [0, 0.05) is 12.2 Å². The molecule has 0 atom stereocenters. The maximum atomic E-state index is 12.1. The zero-order chi connectivity index (χ0) is 20.5. The van der Waals surface area contributed by atoms with Crippen molar-refractivity contribution in [3.8, 4) is 11.5 Å². The molecule has 0 saturated carbocycles. The molecule has 3 N–H and O–H groups in total. The standard InChI is InChI=1S/C22H22ClN3O3/c1-28-21-13-16(14-24-26-17-7-3-2-4-8-17)11-12-20(21)29-15-22(27)25-19-10-6-5-9-18(19)23/h2-13,24,26H,14-15H2,1H3,(H,25,27). The van der Waals surface area contributed by atoms with Gasteiger partial charge < -0.3 is 20.2 Å². The molecule has 3 aromatic carbocycles. The van der Waals surface area contributed by atoms with Gasteiger partial charge in [0.05, 0.1) is 17.8 Å². The third-order valence-electron chi connectivity index (χ3n) is 4.03. The molecule has 0 aliphatic heterocycles. The lowest BCUT2D eigenvalue weighted by atomic mass is 10.2. The van der Waals surface area contributed by atoms with E-state index in [0.29, 0.717) is 28.8 Å². The highest BCUT2D eigenvalue weighted by Gasteiger charge is 2.10. The minimum absolute atomic E-state index is 0.158. The highest BCUT2D eigenvalue weighted by molar-refractivity contribution is 6.33. The first-order valence-electron chi connectivity index (χ1n) is 9.04. The molecule has 0 heterocycles. The largest absolute Gasteiger partial charge is 0.493 e. The van der Waals surface area contributed by atoms with Gasteiger partial charge in [-0.1, -0.05) is 48.0 Å². The molecule has 1 amide bonds. The van der Waals surface area contributed by atoms with Gasteiger partial charge in [0.15, 0.2) is 18.1 Å². The molecule has 6 nitrogen and oxygen atoms in total. The Labute approximate surface area is 174 Å². The number of amides is 1. The van der Waals surface area contributed by atoms with E-state index in [1.807, 2.05) is 42.5 Å². The zero-order valence-corrected chi connectivity index (χ0v) is 16.7. The van der Waals surface area contributed by atoms with Crippen molar-refractivity contribution in [3.63, 3.8) is 0 Å². The lowest BCUT2D eigenvalue weighted by Gasteiger charge is -2.13. The number of para-hydroxylation sites is 2. The van der Waals surface area contributed by atoms with E-state index in [4.69, 9.17) is 21.1 Å². The molecule has 0 aliphatic carbocycles. The van der Waals surface area contributed by atoms with Crippen molar-refractivity contribution in [3.05, 3.63) is 83.4 Å². The summed E-state index contributed by atoms with van der Waals surface area (Å²) in [4.78, 5) is 12.1. The summed E-state index contributed by atoms with van der Waals surface area (Å²) in [7, 11) is 1.56. The smallest absolute Gasteiger partial charge is 0.262 e. The molecule has 29 heavy (non-hydrogen) atoms. The van der Waals surface area contributed by atoms with E-state index >= 15 is 0 Å². The number of ether oxygens (including phenoxy) is 2. The highest BCUT2D eigenvalue weighted by atomic mass is 35.5. The second-order valence-electron chi connectivity index (χ2n) is 6.15. The summed E-state index contributed by atoms with van der Waals surface area (Å²) in [6, 6.07) is 22.4. The van der Waals surface area contributed by atoms with E-state index in [0.717, 1.165) is 11.3 Å². The first-order valence-corrected chi connectivity index (χ1v) is 9.41. The Kier molecular flexibility index (Phi) is 7.33. The topological polar surface area (TPSA) is 71.6 Å². The van der Waals surface area contributed by atoms with Crippen LogP contribution >= 0.6 is 11.6 Å². The maximum absolute atomic E-state index is 12.1. The SMILES string of the molecule is COc1cc(CNNc2ccccc2)ccc1OCC(=O)Nc1ccccc1Cl. The van der Waals surface area contributed by atoms with Gasteiger partial charge in [-0.05, 0) is 42.0 Å². The molecule has 0 saturated heterocycles. The van der Waals surface area contributed by atoms with E-state index in [2.05, 4.69) is 16.2 Å². The maximum Gasteiger partial charge on any atom is 0.262 e. The minimum Gasteiger partial charge on any atom is -0.493 e. The summed E-state index contributed by atoms with van der Waals surface area (Å²) in [5, 5.41) is 3.19. The van der Waals surface area contributed by atoms with Crippen LogP contribution in [0.15, 0.2) is 72.8 Å². The molecule has 0 spiro atoms. The van der Waals surface area contributed by atoms with Gasteiger partial charge >= 0.3 is 0 Å². The number of nitrogens with one attached hydrogen (secondary N) is 3. The van der Waals surface area contributed by atoms with Gasteiger partial charge in [-0.3, -0.25) is 4.79 Å². The summed E-state index contributed by atoms with van der Waals surface area (Å²) in [5.74, 6) is 0.731. The van der Waals surface area contributed by atoms with Gasteiger partial charge in [-0.15, -0.1) is 0 Å². The summed E-state index contributed by atoms with van der Waals surface area (Å²) in [6.45, 7) is 0.424. The van der Waals surface area contributed by atoms with Crippen LogP contribution < -0.4 is 25.6 Å². The Morgan fingerprint density at radius 2 is 1.72 bits per heavy atom. The second kappa shape index (κ2) is 10.4. The van der Waals surface area contributed by atoms with Crippen molar-refractivity contribution in [2.45, 2.75) is 6.54 Å². The summed E-state index contributed by atoms with van der Waals surface area (Å²) in [6.07, 6.45) is 0. The van der Waals surface area contributed by atoms with Crippen molar-refractivity contribution < 1.29 is 14.3 Å². The average molecular weight is 412 g/mol. The average Bonchev–Trinajstić information content (AvgIpc) is 2.75. The van der Waals surface area contributed by atoms with Gasteiger partial charge in [0.25, 0.3) is 5.91 Å². The Balaban J connectivity index is 1.53. The molecule has 0 fully saturated rings. The van der Waals surface area contributed by atoms with Gasteiger partial charge in [0.1, 0.15) is 0 Å². The third kappa shape index (κ3) is 6.14. The molecular weight excluding hydrogens is 390 g/mol. The highest BCUT2D eigenvalue weighted by Crippen LogP contribution is 2.28. The van der Waals surface area contributed by atoms with Crippen molar-refractivity contribution in [1.82, 2.24) is 5.43 Å². The van der Waals surface area contributed by atoms with E-state index in [1.165, 1.54) is 0 Å². The van der Waals surface area contributed by atoms with Crippen LogP contribution in [0.5, 0.6) is 11.5 Å². The van der Waals surface area contributed by atoms with Crippen molar-refractivity contribution in [2.75, 3.05) is 24.5 Å². The van der Waals surface area contributed by atoms with Gasteiger partial charge in [-0.2, -0.15) is 0 Å². The minimum atomic E-state index is -0.307. The molecule has 0 aromatic heterocycles. The number of carbonyl (C=O) groups is 1. The Bertz CT molecular complexity index is 951. The number of carbonyl (C=O) groups excluding carboxylic acids is 1. The number of hydrazine groups is 1. The molecule has 0 radical (unpaired) electrons. The predicted octanol–water partition coefficient (Wildman–Crippen LogP) is 4.48. The van der Waals surface area contributed by atoms with E-state index in [-0.39, 0.29) is 12.5 Å². The Hall–Kier alpha value is -3.22. The monoisotopic (exact) mass is 411 g/mol. The lowest BCUT2D eigenvalue weighted by molar-refractivity contribution is -0.118. The van der Waals surface area contributed by atoms with Gasteiger partial charge in [0.2, 0.25) is 0 Å². The number of hydrogen-bond donors (Lipinski definition) is 3. The predicted molar refractivity (Wildman–Crippen MR) is 115 cm³/mol. The van der Waals surface area contributed by atoms with Crippen LogP contribution in [0.1, 0.15) is 5.56 Å². The van der Waals surface area contributed by atoms with E-state index < -0.39 is 0 Å². The number of hydrogen-bond acceptors (Lipinski definition) is 5. The molecule has 3 rings (SSSR count). The van der Waals surface area contributed by atoms with Crippen molar-refractivity contribution in [1.29, 1.82) is 0 Å². The van der Waals surface area contributed by atoms with E-state index in [9.17, 15) is 4.79 Å². The van der Waals surface area contributed by atoms with Crippen LogP contribution in [0.3, 0.4) is 0 Å². The molecule has 0 bridgehead atoms. The van der Waals surface area contributed by atoms with Crippen molar-refractivity contribution >= 4 is 28.9 Å². The lowest BCUT2D eigenvalue weighted by Crippen LogP contribution is -2.21. The van der Waals surface area contributed by atoms with Crippen LogP contribution in [-0.2, 0) is 11.3 Å². The van der Waals surface area contributed by atoms with Crippen LogP contribution in [0.2, 0.25) is 5.02 Å². The quantitative estimate of drug-likeness (QED) is 0.453. The molecule has 3 aromatic rings. The van der Waals surface area contributed by atoms with Crippen LogP contribution in [-0.4, -0.2) is 19.6 Å². The fourth-order valence-corrected chi connectivity index (χ4v) is 2.79.